The van der Waals surface area contributed by atoms with E-state index in [4.69, 9.17) is 0 Å². The van der Waals surface area contributed by atoms with Gasteiger partial charge in [-0.1, -0.05) is 32.0 Å². The Morgan fingerprint density at radius 3 is 2.52 bits per heavy atom. The molecule has 0 aromatic heterocycles. The highest BCUT2D eigenvalue weighted by Gasteiger charge is 2.12. The maximum absolute atomic E-state index is 11.5. The summed E-state index contributed by atoms with van der Waals surface area (Å²) < 4.78 is 0. The van der Waals surface area contributed by atoms with Gasteiger partial charge in [0.05, 0.1) is 0 Å². The van der Waals surface area contributed by atoms with E-state index in [2.05, 4.69) is 35.8 Å². The summed E-state index contributed by atoms with van der Waals surface area (Å²) in [6.45, 7) is 7.51. The van der Waals surface area contributed by atoms with E-state index in [0.717, 1.165) is 6.54 Å². The molecule has 0 saturated heterocycles. The summed E-state index contributed by atoms with van der Waals surface area (Å²) in [7, 11) is 0. The van der Waals surface area contributed by atoms with E-state index in [-0.39, 0.29) is 11.8 Å². The predicted molar refractivity (Wildman–Crippen MR) is 87.3 cm³/mol. The number of carbonyl (C=O) groups excluding carboxylic acids is 1. The third-order valence-electron chi connectivity index (χ3n) is 4.27. The Balaban J connectivity index is 1.80. The Hall–Kier alpha value is -1.35. The minimum atomic E-state index is 0.0584. The molecule has 3 heteroatoms. The van der Waals surface area contributed by atoms with E-state index in [9.17, 15) is 4.79 Å². The van der Waals surface area contributed by atoms with E-state index in [1.807, 2.05) is 13.8 Å². The lowest BCUT2D eigenvalue weighted by atomic mass is 9.89. The van der Waals surface area contributed by atoms with Crippen LogP contribution in [0, 0.1) is 5.92 Å². The van der Waals surface area contributed by atoms with Crippen LogP contribution >= 0.6 is 0 Å². The van der Waals surface area contributed by atoms with E-state index in [0.29, 0.717) is 12.6 Å². The van der Waals surface area contributed by atoms with Gasteiger partial charge in [-0.3, -0.25) is 4.79 Å². The molecule has 2 N–H and O–H groups in total. The zero-order valence-corrected chi connectivity index (χ0v) is 13.5. The fourth-order valence-electron chi connectivity index (χ4n) is 2.82. The zero-order valence-electron chi connectivity index (χ0n) is 13.5. The lowest BCUT2D eigenvalue weighted by molar-refractivity contribution is -0.123. The van der Waals surface area contributed by atoms with Gasteiger partial charge in [0.15, 0.2) is 0 Å². The minimum Gasteiger partial charge on any atom is -0.355 e. The number of fused-ring (bicyclic) bond motifs is 1. The summed E-state index contributed by atoms with van der Waals surface area (Å²) in [4.78, 5) is 11.5. The molecule has 21 heavy (non-hydrogen) atoms. The molecular formula is C18H28N2O. The molecule has 1 aliphatic carbocycles. The van der Waals surface area contributed by atoms with Crippen LogP contribution in [0.1, 0.15) is 56.3 Å². The number of hydrogen-bond donors (Lipinski definition) is 2. The van der Waals surface area contributed by atoms with Crippen molar-refractivity contribution in [2.24, 2.45) is 5.92 Å². The van der Waals surface area contributed by atoms with Crippen molar-refractivity contribution >= 4 is 5.91 Å². The highest BCUT2D eigenvalue weighted by atomic mass is 16.1. The van der Waals surface area contributed by atoms with Gasteiger partial charge in [0.25, 0.3) is 0 Å². The molecule has 0 radical (unpaired) electrons. The molecular weight excluding hydrogens is 260 g/mol. The summed E-state index contributed by atoms with van der Waals surface area (Å²) in [5.41, 5.74) is 4.41. The van der Waals surface area contributed by atoms with Gasteiger partial charge >= 0.3 is 0 Å². The van der Waals surface area contributed by atoms with Crippen LogP contribution < -0.4 is 10.6 Å². The average molecular weight is 288 g/mol. The highest BCUT2D eigenvalue weighted by Crippen LogP contribution is 2.24. The second kappa shape index (κ2) is 7.60. The van der Waals surface area contributed by atoms with Crippen LogP contribution in [0.25, 0.3) is 0 Å². The number of aryl methyl sites for hydroxylation is 2. The SMILES string of the molecule is CC(C)C(=O)NCCNC(C)c1ccc2c(c1)CCCC2. The van der Waals surface area contributed by atoms with Gasteiger partial charge in [0, 0.05) is 25.0 Å². The van der Waals surface area contributed by atoms with Crippen molar-refractivity contribution in [2.45, 2.75) is 52.5 Å². The number of hydrogen-bond acceptors (Lipinski definition) is 2. The Morgan fingerprint density at radius 2 is 1.81 bits per heavy atom. The summed E-state index contributed by atoms with van der Waals surface area (Å²) in [6.07, 6.45) is 5.11. The minimum absolute atomic E-state index is 0.0584. The fraction of sp³-hybridized carbons (Fsp3) is 0.611. The topological polar surface area (TPSA) is 41.1 Å². The molecule has 1 atom stereocenters. The smallest absolute Gasteiger partial charge is 0.222 e. The molecule has 1 unspecified atom stereocenters. The second-order valence-corrected chi connectivity index (χ2v) is 6.36. The van der Waals surface area contributed by atoms with Crippen LogP contribution in [0.2, 0.25) is 0 Å². The molecule has 0 bridgehead atoms. The summed E-state index contributed by atoms with van der Waals surface area (Å²) in [6, 6.07) is 7.23. The van der Waals surface area contributed by atoms with E-state index >= 15 is 0 Å². The molecule has 0 heterocycles. The summed E-state index contributed by atoms with van der Waals surface area (Å²) in [5, 5.41) is 6.42. The van der Waals surface area contributed by atoms with Crippen LogP contribution in [0.5, 0.6) is 0 Å². The van der Waals surface area contributed by atoms with Crippen LogP contribution in [0.4, 0.5) is 0 Å². The van der Waals surface area contributed by atoms with Gasteiger partial charge in [0.2, 0.25) is 5.91 Å². The second-order valence-electron chi connectivity index (χ2n) is 6.36. The van der Waals surface area contributed by atoms with E-state index in [1.54, 1.807) is 0 Å². The molecule has 0 aliphatic heterocycles. The first-order valence-electron chi connectivity index (χ1n) is 8.20. The van der Waals surface area contributed by atoms with Crippen molar-refractivity contribution in [3.05, 3.63) is 34.9 Å². The third-order valence-corrected chi connectivity index (χ3v) is 4.27. The van der Waals surface area contributed by atoms with Crippen molar-refractivity contribution < 1.29 is 4.79 Å². The third kappa shape index (κ3) is 4.57. The lowest BCUT2D eigenvalue weighted by Crippen LogP contribution is -2.35. The Morgan fingerprint density at radius 1 is 1.10 bits per heavy atom. The van der Waals surface area contributed by atoms with Crippen molar-refractivity contribution in [1.82, 2.24) is 10.6 Å². The van der Waals surface area contributed by atoms with Crippen LogP contribution in [-0.2, 0) is 17.6 Å². The van der Waals surface area contributed by atoms with Crippen LogP contribution in [-0.4, -0.2) is 19.0 Å². The van der Waals surface area contributed by atoms with Gasteiger partial charge < -0.3 is 10.6 Å². The normalized spacial score (nSPS) is 15.6. The maximum atomic E-state index is 11.5. The molecule has 0 saturated carbocycles. The van der Waals surface area contributed by atoms with Crippen molar-refractivity contribution in [2.75, 3.05) is 13.1 Å². The molecule has 1 aromatic carbocycles. The molecule has 0 fully saturated rings. The predicted octanol–water partition coefficient (Wildman–Crippen LogP) is 2.99. The van der Waals surface area contributed by atoms with Crippen molar-refractivity contribution in [3.8, 4) is 0 Å². The monoisotopic (exact) mass is 288 g/mol. The van der Waals surface area contributed by atoms with Gasteiger partial charge in [-0.2, -0.15) is 0 Å². The molecule has 1 aliphatic rings. The first-order chi connectivity index (χ1) is 10.1. The highest BCUT2D eigenvalue weighted by molar-refractivity contribution is 5.77. The van der Waals surface area contributed by atoms with Gasteiger partial charge in [-0.25, -0.2) is 0 Å². The van der Waals surface area contributed by atoms with Gasteiger partial charge in [-0.05, 0) is 49.3 Å². The quantitative estimate of drug-likeness (QED) is 0.790. The molecule has 3 nitrogen and oxygen atoms in total. The Bertz CT molecular complexity index is 482. The Kier molecular flexibility index (Phi) is 5.80. The average Bonchev–Trinajstić information content (AvgIpc) is 2.50. The summed E-state index contributed by atoms with van der Waals surface area (Å²) in [5.74, 6) is 0.182. The number of benzene rings is 1. The van der Waals surface area contributed by atoms with Crippen molar-refractivity contribution in [3.63, 3.8) is 0 Å². The number of nitrogens with one attached hydrogen (secondary N) is 2. The molecule has 1 amide bonds. The molecule has 2 rings (SSSR count). The van der Waals surface area contributed by atoms with Gasteiger partial charge in [0.1, 0.15) is 0 Å². The Labute approximate surface area is 128 Å². The zero-order chi connectivity index (χ0) is 15.2. The number of carbonyl (C=O) groups is 1. The molecule has 0 spiro atoms. The lowest BCUT2D eigenvalue weighted by Gasteiger charge is -2.20. The fourth-order valence-corrected chi connectivity index (χ4v) is 2.82. The van der Waals surface area contributed by atoms with E-state index < -0.39 is 0 Å². The molecule has 116 valence electrons. The first kappa shape index (κ1) is 16.0. The largest absolute Gasteiger partial charge is 0.355 e. The van der Waals surface area contributed by atoms with Crippen molar-refractivity contribution in [1.29, 1.82) is 0 Å². The van der Waals surface area contributed by atoms with Crippen LogP contribution in [0.3, 0.4) is 0 Å². The molecule has 1 aromatic rings. The number of amides is 1. The van der Waals surface area contributed by atoms with Gasteiger partial charge in [-0.15, -0.1) is 0 Å². The number of rotatable bonds is 6. The van der Waals surface area contributed by atoms with E-state index in [1.165, 1.54) is 42.4 Å². The summed E-state index contributed by atoms with van der Waals surface area (Å²) >= 11 is 0. The van der Waals surface area contributed by atoms with Crippen LogP contribution in [0.15, 0.2) is 18.2 Å². The first-order valence-corrected chi connectivity index (χ1v) is 8.20. The standard InChI is InChI=1S/C18H28N2O/c1-13(2)18(21)20-11-10-19-14(3)16-9-8-15-6-4-5-7-17(15)12-16/h8-9,12-14,19H,4-7,10-11H2,1-3H3,(H,20,21). The maximum Gasteiger partial charge on any atom is 0.222 e.